The minimum Gasteiger partial charge on any atom is -0.396 e. The Bertz CT molecular complexity index is 322. The van der Waals surface area contributed by atoms with Crippen molar-refractivity contribution in [3.05, 3.63) is 34.9 Å². The maximum Gasteiger partial charge on any atom is 0.0434 e. The average molecular weight is 191 g/mol. The smallest absolute Gasteiger partial charge is 0.0434 e. The first-order valence-electron chi connectivity index (χ1n) is 5.19. The molecule has 1 aliphatic heterocycles. The van der Waals surface area contributed by atoms with Gasteiger partial charge in [0.25, 0.3) is 0 Å². The summed E-state index contributed by atoms with van der Waals surface area (Å²) in [5, 5.41) is 8.75. The third-order valence-corrected chi connectivity index (χ3v) is 2.77. The van der Waals surface area contributed by atoms with Crippen LogP contribution in [-0.2, 0) is 19.5 Å². The van der Waals surface area contributed by atoms with Crippen LogP contribution in [0.1, 0.15) is 23.1 Å². The number of aryl methyl sites for hydroxylation is 1. The minimum atomic E-state index is 0.289. The van der Waals surface area contributed by atoms with Crippen LogP contribution < -0.4 is 0 Å². The van der Waals surface area contributed by atoms with Crippen LogP contribution in [0, 0.1) is 0 Å². The Hall–Kier alpha value is -0.860. The van der Waals surface area contributed by atoms with Crippen molar-refractivity contribution < 1.29 is 5.11 Å². The summed E-state index contributed by atoms with van der Waals surface area (Å²) >= 11 is 0. The molecule has 14 heavy (non-hydrogen) atoms. The number of aliphatic hydroxyl groups is 1. The highest BCUT2D eigenvalue weighted by atomic mass is 16.2. The number of aliphatic hydroxyl groups excluding tert-OH is 1. The second kappa shape index (κ2) is 4.11. The van der Waals surface area contributed by atoms with E-state index in [1.54, 1.807) is 0 Å². The van der Waals surface area contributed by atoms with Gasteiger partial charge in [0.05, 0.1) is 0 Å². The highest BCUT2D eigenvalue weighted by molar-refractivity contribution is 5.34. The highest BCUT2D eigenvalue weighted by Crippen LogP contribution is 2.22. The molecular weight excluding hydrogens is 174 g/mol. The zero-order valence-electron chi connectivity index (χ0n) is 8.66. The lowest BCUT2D eigenvalue weighted by atomic mass is 10.0. The van der Waals surface area contributed by atoms with Gasteiger partial charge in [-0.25, -0.2) is 0 Å². The molecule has 0 spiro atoms. The fourth-order valence-corrected chi connectivity index (χ4v) is 2.06. The van der Waals surface area contributed by atoms with Crippen LogP contribution in [-0.4, -0.2) is 23.7 Å². The summed E-state index contributed by atoms with van der Waals surface area (Å²) in [5.41, 5.74) is 4.27. The summed E-state index contributed by atoms with van der Waals surface area (Å²) in [6.07, 6.45) is 1.86. The Morgan fingerprint density at radius 3 is 2.86 bits per heavy atom. The Morgan fingerprint density at radius 1 is 1.29 bits per heavy atom. The van der Waals surface area contributed by atoms with Crippen molar-refractivity contribution in [2.45, 2.75) is 25.9 Å². The molecule has 0 atom stereocenters. The normalized spacial score (nSPS) is 15.9. The molecule has 0 saturated carbocycles. The predicted molar refractivity (Wildman–Crippen MR) is 57.0 cm³/mol. The first kappa shape index (κ1) is 9.69. The van der Waals surface area contributed by atoms with Gasteiger partial charge >= 0.3 is 0 Å². The Balaban J connectivity index is 2.12. The molecule has 1 N–H and O–H groups in total. The van der Waals surface area contributed by atoms with Gasteiger partial charge in [-0.1, -0.05) is 18.2 Å². The summed E-state index contributed by atoms with van der Waals surface area (Å²) in [7, 11) is 2.15. The summed E-state index contributed by atoms with van der Waals surface area (Å²) in [5.74, 6) is 0. The molecule has 1 heterocycles. The van der Waals surface area contributed by atoms with Crippen LogP contribution in [0.5, 0.6) is 0 Å². The van der Waals surface area contributed by atoms with Gasteiger partial charge in [-0.3, -0.25) is 4.90 Å². The summed E-state index contributed by atoms with van der Waals surface area (Å²) in [4.78, 5) is 2.32. The van der Waals surface area contributed by atoms with Crippen LogP contribution >= 0.6 is 0 Å². The number of hydrogen-bond donors (Lipinski definition) is 1. The van der Waals surface area contributed by atoms with E-state index in [0.717, 1.165) is 25.9 Å². The highest BCUT2D eigenvalue weighted by Gasteiger charge is 2.14. The fraction of sp³-hybridized carbons (Fsp3) is 0.500. The lowest BCUT2D eigenvalue weighted by Gasteiger charge is -2.03. The van der Waals surface area contributed by atoms with Crippen LogP contribution in [0.3, 0.4) is 0 Å². The molecule has 1 aromatic carbocycles. The van der Waals surface area contributed by atoms with Crippen molar-refractivity contribution in [2.75, 3.05) is 13.7 Å². The molecule has 2 nitrogen and oxygen atoms in total. The topological polar surface area (TPSA) is 23.5 Å². The van der Waals surface area contributed by atoms with Crippen LogP contribution in [0.15, 0.2) is 18.2 Å². The van der Waals surface area contributed by atoms with Gasteiger partial charge in [0.2, 0.25) is 0 Å². The Labute approximate surface area is 85.2 Å². The van der Waals surface area contributed by atoms with E-state index in [1.807, 2.05) is 0 Å². The van der Waals surface area contributed by atoms with Crippen molar-refractivity contribution in [3.63, 3.8) is 0 Å². The van der Waals surface area contributed by atoms with Crippen molar-refractivity contribution in [1.29, 1.82) is 0 Å². The van der Waals surface area contributed by atoms with Gasteiger partial charge in [0.15, 0.2) is 0 Å². The second-order valence-electron chi connectivity index (χ2n) is 4.10. The van der Waals surface area contributed by atoms with Crippen LogP contribution in [0.2, 0.25) is 0 Å². The molecule has 0 unspecified atom stereocenters. The van der Waals surface area contributed by atoms with E-state index in [9.17, 15) is 0 Å². The van der Waals surface area contributed by atoms with Crippen molar-refractivity contribution in [1.82, 2.24) is 4.90 Å². The lowest BCUT2D eigenvalue weighted by molar-refractivity contribution is 0.288. The zero-order valence-corrected chi connectivity index (χ0v) is 8.66. The molecule has 0 aromatic heterocycles. The Morgan fingerprint density at radius 2 is 2.07 bits per heavy atom. The molecule has 1 aromatic rings. The standard InChI is InChI=1S/C12H17NO/c1-13-8-11-5-4-10(3-2-6-14)7-12(11)9-13/h4-5,7,14H,2-3,6,8-9H2,1H3. The largest absolute Gasteiger partial charge is 0.396 e. The van der Waals surface area contributed by atoms with E-state index in [-0.39, 0.29) is 6.61 Å². The molecule has 0 radical (unpaired) electrons. The third-order valence-electron chi connectivity index (χ3n) is 2.77. The van der Waals surface area contributed by atoms with Crippen molar-refractivity contribution in [3.8, 4) is 0 Å². The van der Waals surface area contributed by atoms with E-state index in [4.69, 9.17) is 5.11 Å². The molecule has 0 aliphatic carbocycles. The summed E-state index contributed by atoms with van der Waals surface area (Å²) in [6.45, 7) is 2.44. The second-order valence-corrected chi connectivity index (χ2v) is 4.10. The number of fused-ring (bicyclic) bond motifs is 1. The van der Waals surface area contributed by atoms with E-state index in [1.165, 1.54) is 16.7 Å². The molecule has 2 rings (SSSR count). The average Bonchev–Trinajstić information content (AvgIpc) is 2.54. The predicted octanol–water partition coefficient (Wildman–Crippen LogP) is 1.56. The Kier molecular flexibility index (Phi) is 2.85. The SMILES string of the molecule is CN1Cc2ccc(CCCO)cc2C1. The third kappa shape index (κ3) is 1.97. The van der Waals surface area contributed by atoms with Crippen LogP contribution in [0.25, 0.3) is 0 Å². The molecule has 0 saturated heterocycles. The van der Waals surface area contributed by atoms with Gasteiger partial charge in [-0.05, 0) is 36.6 Å². The van der Waals surface area contributed by atoms with Gasteiger partial charge < -0.3 is 5.11 Å². The molecule has 0 fully saturated rings. The molecule has 0 bridgehead atoms. The molecule has 76 valence electrons. The number of rotatable bonds is 3. The van der Waals surface area contributed by atoms with Crippen molar-refractivity contribution >= 4 is 0 Å². The van der Waals surface area contributed by atoms with Gasteiger partial charge in [0.1, 0.15) is 0 Å². The first-order chi connectivity index (χ1) is 6.79. The molecule has 0 amide bonds. The molecule has 2 heteroatoms. The number of benzene rings is 1. The molecular formula is C12H17NO. The van der Waals surface area contributed by atoms with E-state index >= 15 is 0 Å². The quantitative estimate of drug-likeness (QED) is 0.783. The maximum absolute atomic E-state index is 8.75. The van der Waals surface area contributed by atoms with E-state index in [0.29, 0.717) is 0 Å². The number of hydrogen-bond acceptors (Lipinski definition) is 2. The molecule has 1 aliphatic rings. The van der Waals surface area contributed by atoms with E-state index < -0.39 is 0 Å². The monoisotopic (exact) mass is 191 g/mol. The zero-order chi connectivity index (χ0) is 9.97. The van der Waals surface area contributed by atoms with Crippen LogP contribution in [0.4, 0.5) is 0 Å². The van der Waals surface area contributed by atoms with Gasteiger partial charge in [-0.15, -0.1) is 0 Å². The van der Waals surface area contributed by atoms with Crippen molar-refractivity contribution in [2.24, 2.45) is 0 Å². The first-order valence-corrected chi connectivity index (χ1v) is 5.19. The maximum atomic E-state index is 8.75. The lowest BCUT2D eigenvalue weighted by Crippen LogP contribution is -2.07. The summed E-state index contributed by atoms with van der Waals surface area (Å²) < 4.78 is 0. The minimum absolute atomic E-state index is 0.289. The van der Waals surface area contributed by atoms with Gasteiger partial charge in [0, 0.05) is 19.7 Å². The number of nitrogens with zero attached hydrogens (tertiary/aromatic N) is 1. The van der Waals surface area contributed by atoms with E-state index in [2.05, 4.69) is 30.1 Å². The fourth-order valence-electron chi connectivity index (χ4n) is 2.06. The summed E-state index contributed by atoms with van der Waals surface area (Å²) in [6, 6.07) is 6.70. The van der Waals surface area contributed by atoms with Gasteiger partial charge in [-0.2, -0.15) is 0 Å².